The first kappa shape index (κ1) is 8.58. The number of nitrogens with zero attached hydrogens (tertiary/aromatic N) is 2. The van der Waals surface area contributed by atoms with Crippen molar-refractivity contribution < 1.29 is 0 Å². The summed E-state index contributed by atoms with van der Waals surface area (Å²) in [6.45, 7) is 2.04. The molecule has 0 atom stereocenters. The minimum Gasteiger partial charge on any atom is -0.383 e. The Morgan fingerprint density at radius 1 is 1.08 bits per heavy atom. The Morgan fingerprint density at radius 3 is 2.00 bits per heavy atom. The van der Waals surface area contributed by atoms with E-state index < -0.39 is 0 Å². The molecule has 0 aliphatic rings. The number of aromatic nitrogens is 2. The average molecular weight is 167 g/mol. The molecule has 0 fully saturated rings. The van der Waals surface area contributed by atoms with E-state index in [2.05, 4.69) is 9.97 Å². The van der Waals surface area contributed by atoms with Crippen molar-refractivity contribution >= 4 is 17.6 Å². The fourth-order valence-electron chi connectivity index (χ4n) is 1.04. The highest BCUT2D eigenvalue weighted by Crippen LogP contribution is 2.17. The first-order valence-corrected chi connectivity index (χ1v) is 3.82. The molecule has 1 rings (SSSR count). The van der Waals surface area contributed by atoms with Crippen LogP contribution in [0.5, 0.6) is 0 Å². The second-order valence-electron chi connectivity index (χ2n) is 2.58. The smallest absolute Gasteiger partial charge is 0.223 e. The first-order valence-electron chi connectivity index (χ1n) is 3.82. The molecule has 66 valence electrons. The van der Waals surface area contributed by atoms with E-state index in [0.717, 1.165) is 18.4 Å². The van der Waals surface area contributed by atoms with Gasteiger partial charge in [-0.25, -0.2) is 0 Å². The summed E-state index contributed by atoms with van der Waals surface area (Å²) in [5.41, 5.74) is 17.3. The normalized spacial score (nSPS) is 10.1. The SMILES string of the molecule is CCCc1c(N)nc(N)nc1N. The predicted octanol–water partition coefficient (Wildman–Crippen LogP) is 0.176. The van der Waals surface area contributed by atoms with Gasteiger partial charge < -0.3 is 17.2 Å². The molecule has 1 aromatic rings. The van der Waals surface area contributed by atoms with Gasteiger partial charge in [-0.2, -0.15) is 9.97 Å². The highest BCUT2D eigenvalue weighted by Gasteiger charge is 2.06. The van der Waals surface area contributed by atoms with Crippen molar-refractivity contribution in [3.63, 3.8) is 0 Å². The van der Waals surface area contributed by atoms with Crippen molar-refractivity contribution in [2.24, 2.45) is 0 Å². The van der Waals surface area contributed by atoms with E-state index in [1.165, 1.54) is 0 Å². The van der Waals surface area contributed by atoms with Crippen LogP contribution in [0.25, 0.3) is 0 Å². The molecule has 1 aromatic heterocycles. The van der Waals surface area contributed by atoms with Gasteiger partial charge in [0.15, 0.2) is 0 Å². The van der Waals surface area contributed by atoms with Crippen LogP contribution in [0.4, 0.5) is 17.6 Å². The van der Waals surface area contributed by atoms with E-state index in [-0.39, 0.29) is 5.95 Å². The third kappa shape index (κ3) is 1.55. The van der Waals surface area contributed by atoms with Crippen LogP contribution in [0.2, 0.25) is 0 Å². The summed E-state index contributed by atoms with van der Waals surface area (Å²) in [6, 6.07) is 0. The monoisotopic (exact) mass is 167 g/mol. The zero-order chi connectivity index (χ0) is 9.14. The van der Waals surface area contributed by atoms with Crippen LogP contribution in [0.3, 0.4) is 0 Å². The Kier molecular flexibility index (Phi) is 2.32. The summed E-state index contributed by atoms with van der Waals surface area (Å²) in [6.07, 6.45) is 1.75. The summed E-state index contributed by atoms with van der Waals surface area (Å²) in [5, 5.41) is 0. The molecule has 0 spiro atoms. The van der Waals surface area contributed by atoms with Crippen molar-refractivity contribution in [2.45, 2.75) is 19.8 Å². The molecule has 0 unspecified atom stereocenters. The number of rotatable bonds is 2. The molecule has 0 saturated heterocycles. The van der Waals surface area contributed by atoms with E-state index in [1.807, 2.05) is 6.92 Å². The molecular weight excluding hydrogens is 154 g/mol. The maximum Gasteiger partial charge on any atom is 0.223 e. The molecule has 12 heavy (non-hydrogen) atoms. The molecule has 0 aliphatic heterocycles. The summed E-state index contributed by atoms with van der Waals surface area (Å²) in [7, 11) is 0. The van der Waals surface area contributed by atoms with Crippen LogP contribution < -0.4 is 17.2 Å². The lowest BCUT2D eigenvalue weighted by molar-refractivity contribution is 0.912. The standard InChI is InChI=1S/C7H13N5/c1-2-3-4-5(8)11-7(10)12-6(4)9/h2-3H2,1H3,(H6,8,9,10,11,12). The maximum atomic E-state index is 5.60. The van der Waals surface area contributed by atoms with Crippen molar-refractivity contribution in [3.05, 3.63) is 5.56 Å². The van der Waals surface area contributed by atoms with E-state index in [1.54, 1.807) is 0 Å². The van der Waals surface area contributed by atoms with Gasteiger partial charge >= 0.3 is 0 Å². The van der Waals surface area contributed by atoms with Crippen molar-refractivity contribution in [1.82, 2.24) is 9.97 Å². The molecule has 0 radical (unpaired) electrons. The van der Waals surface area contributed by atoms with Crippen LogP contribution >= 0.6 is 0 Å². The van der Waals surface area contributed by atoms with Crippen molar-refractivity contribution in [1.29, 1.82) is 0 Å². The summed E-state index contributed by atoms with van der Waals surface area (Å²) < 4.78 is 0. The molecule has 0 bridgehead atoms. The van der Waals surface area contributed by atoms with E-state index in [0.29, 0.717) is 11.6 Å². The highest BCUT2D eigenvalue weighted by molar-refractivity contribution is 5.55. The zero-order valence-corrected chi connectivity index (χ0v) is 7.04. The van der Waals surface area contributed by atoms with Crippen LogP contribution in [0.1, 0.15) is 18.9 Å². The van der Waals surface area contributed by atoms with Gasteiger partial charge in [0, 0.05) is 5.56 Å². The van der Waals surface area contributed by atoms with Gasteiger partial charge in [0.25, 0.3) is 0 Å². The molecule has 0 aliphatic carbocycles. The minimum atomic E-state index is 0.129. The lowest BCUT2D eigenvalue weighted by Crippen LogP contribution is -2.08. The minimum absolute atomic E-state index is 0.129. The molecule has 0 amide bonds. The van der Waals surface area contributed by atoms with Crippen molar-refractivity contribution in [3.8, 4) is 0 Å². The van der Waals surface area contributed by atoms with Gasteiger partial charge in [0.05, 0.1) is 0 Å². The second-order valence-corrected chi connectivity index (χ2v) is 2.58. The fraction of sp³-hybridized carbons (Fsp3) is 0.429. The maximum absolute atomic E-state index is 5.60. The molecular formula is C7H13N5. The fourth-order valence-corrected chi connectivity index (χ4v) is 1.04. The molecule has 6 N–H and O–H groups in total. The van der Waals surface area contributed by atoms with Gasteiger partial charge in [0.1, 0.15) is 11.6 Å². The van der Waals surface area contributed by atoms with Crippen molar-refractivity contribution in [2.75, 3.05) is 17.2 Å². The lowest BCUT2D eigenvalue weighted by Gasteiger charge is -2.06. The molecule has 5 heteroatoms. The van der Waals surface area contributed by atoms with E-state index >= 15 is 0 Å². The molecule has 1 heterocycles. The predicted molar refractivity (Wildman–Crippen MR) is 49.3 cm³/mol. The van der Waals surface area contributed by atoms with Crippen LogP contribution in [0, 0.1) is 0 Å². The number of anilines is 3. The number of hydrogen-bond donors (Lipinski definition) is 3. The van der Waals surface area contributed by atoms with Gasteiger partial charge in [-0.1, -0.05) is 13.3 Å². The summed E-state index contributed by atoms with van der Waals surface area (Å²) in [4.78, 5) is 7.63. The third-order valence-corrected chi connectivity index (χ3v) is 1.59. The Hall–Kier alpha value is -1.52. The number of hydrogen-bond acceptors (Lipinski definition) is 5. The Balaban J connectivity index is 3.10. The van der Waals surface area contributed by atoms with Crippen LogP contribution in [-0.4, -0.2) is 9.97 Å². The second kappa shape index (κ2) is 3.25. The van der Waals surface area contributed by atoms with Crippen LogP contribution in [-0.2, 0) is 6.42 Å². The topological polar surface area (TPSA) is 104 Å². The molecule has 5 nitrogen and oxygen atoms in total. The van der Waals surface area contributed by atoms with Gasteiger partial charge in [0.2, 0.25) is 5.95 Å². The third-order valence-electron chi connectivity index (χ3n) is 1.59. The van der Waals surface area contributed by atoms with Gasteiger partial charge in [-0.05, 0) is 6.42 Å². The Morgan fingerprint density at radius 2 is 1.58 bits per heavy atom. The zero-order valence-electron chi connectivity index (χ0n) is 7.04. The quantitative estimate of drug-likeness (QED) is 0.582. The Labute approximate surface area is 71.0 Å². The highest BCUT2D eigenvalue weighted by atomic mass is 15.1. The summed E-state index contributed by atoms with van der Waals surface area (Å²) >= 11 is 0. The average Bonchev–Trinajstić information content (AvgIpc) is 1.96. The summed E-state index contributed by atoms with van der Waals surface area (Å²) in [5.74, 6) is 0.911. The Bertz CT molecular complexity index is 260. The largest absolute Gasteiger partial charge is 0.383 e. The van der Waals surface area contributed by atoms with E-state index in [9.17, 15) is 0 Å². The molecule has 0 aromatic carbocycles. The van der Waals surface area contributed by atoms with Crippen LogP contribution in [0.15, 0.2) is 0 Å². The number of nitrogen functional groups attached to an aromatic ring is 3. The van der Waals surface area contributed by atoms with Gasteiger partial charge in [-0.15, -0.1) is 0 Å². The van der Waals surface area contributed by atoms with E-state index in [4.69, 9.17) is 17.2 Å². The first-order chi connectivity index (χ1) is 5.65. The lowest BCUT2D eigenvalue weighted by atomic mass is 10.1. The van der Waals surface area contributed by atoms with Gasteiger partial charge in [-0.3, -0.25) is 0 Å². The molecule has 0 saturated carbocycles. The number of nitrogens with two attached hydrogens (primary N) is 3.